The lowest BCUT2D eigenvalue weighted by atomic mass is 9.84. The van der Waals surface area contributed by atoms with Gasteiger partial charge in [-0.1, -0.05) is 52.0 Å². The van der Waals surface area contributed by atoms with E-state index in [9.17, 15) is 19.8 Å². The summed E-state index contributed by atoms with van der Waals surface area (Å²) in [5.74, 6) is -1.62. The molecule has 280 valence electrons. The number of methoxy groups -OCH3 is 2. The third-order valence-electron chi connectivity index (χ3n) is 10.0. The van der Waals surface area contributed by atoms with Gasteiger partial charge in [0, 0.05) is 44.1 Å². The normalized spacial score (nSPS) is 43.6. The molecule has 12 heteroatoms. The Kier molecular flexibility index (Phi) is 16.5. The minimum atomic E-state index is -0.896. The van der Waals surface area contributed by atoms with E-state index in [1.165, 1.54) is 20.3 Å². The standard InChI is InChI=1S/C37H61NO11/c1-11-29-26(20-45-37-35(44-10)34(43-9)31(41)25(6)47-37)14-12-13-15-28(39)22(3)18-23(4)33(21(2)16-17-30(40)48-29)49-36-32(42)27(38(7)8)19-24(5)46-36/h12-17,21-27,29,31-37,41-42H,11,18-20H2,1-10H3/b14-12+,15-13+,17-16+/t21-,22+,23+,24-,25-,26+,27+,29-,31-,32-,33-,34+,35-,36+,37-/m0/s1. The van der Waals surface area contributed by atoms with Crippen molar-refractivity contribution in [2.24, 2.45) is 23.7 Å². The van der Waals surface area contributed by atoms with Crippen LogP contribution >= 0.6 is 0 Å². The molecule has 0 bridgehead atoms. The van der Waals surface area contributed by atoms with Crippen LogP contribution < -0.4 is 0 Å². The highest BCUT2D eigenvalue weighted by molar-refractivity contribution is 5.91. The maximum atomic E-state index is 13.3. The Morgan fingerprint density at radius 2 is 1.55 bits per heavy atom. The Hall–Kier alpha value is -2.00. The molecule has 0 saturated carbocycles. The van der Waals surface area contributed by atoms with Gasteiger partial charge in [-0.25, -0.2) is 4.79 Å². The monoisotopic (exact) mass is 695 g/mol. The highest BCUT2D eigenvalue weighted by Crippen LogP contribution is 2.32. The number of allylic oxidation sites excluding steroid dienone is 3. The van der Waals surface area contributed by atoms with Gasteiger partial charge in [-0.3, -0.25) is 4.79 Å². The predicted molar refractivity (Wildman–Crippen MR) is 183 cm³/mol. The summed E-state index contributed by atoms with van der Waals surface area (Å²) in [6, 6.07) is -0.140. The van der Waals surface area contributed by atoms with E-state index >= 15 is 0 Å². The van der Waals surface area contributed by atoms with E-state index in [1.54, 1.807) is 31.2 Å². The second kappa shape index (κ2) is 19.6. The molecule has 3 aliphatic heterocycles. The van der Waals surface area contributed by atoms with Gasteiger partial charge in [-0.05, 0) is 59.2 Å². The number of cyclic esters (lactones) is 1. The zero-order valence-corrected chi connectivity index (χ0v) is 31.0. The molecule has 0 radical (unpaired) electrons. The highest BCUT2D eigenvalue weighted by atomic mass is 16.7. The molecule has 2 N–H and O–H groups in total. The zero-order chi connectivity index (χ0) is 36.4. The number of carbonyl (C=O) groups excluding carboxylic acids is 2. The average Bonchev–Trinajstić information content (AvgIpc) is 3.06. The van der Waals surface area contributed by atoms with E-state index in [0.29, 0.717) is 19.3 Å². The molecule has 2 saturated heterocycles. The maximum Gasteiger partial charge on any atom is 0.330 e. The van der Waals surface area contributed by atoms with E-state index < -0.39 is 67.2 Å². The summed E-state index contributed by atoms with van der Waals surface area (Å²) in [6.45, 7) is 11.6. The van der Waals surface area contributed by atoms with Crippen molar-refractivity contribution in [1.82, 2.24) is 4.90 Å². The first-order chi connectivity index (χ1) is 23.2. The summed E-state index contributed by atoms with van der Waals surface area (Å²) >= 11 is 0. The number of ether oxygens (including phenoxy) is 7. The number of likely N-dealkylation sites (N-methyl/N-ethyl adjacent to an activating group) is 1. The Balaban J connectivity index is 1.85. The summed E-state index contributed by atoms with van der Waals surface area (Å²) in [5.41, 5.74) is 0. The van der Waals surface area contributed by atoms with E-state index in [0.717, 1.165) is 0 Å². The molecular formula is C37H61NO11. The largest absolute Gasteiger partial charge is 0.459 e. The van der Waals surface area contributed by atoms with Gasteiger partial charge in [0.15, 0.2) is 18.4 Å². The van der Waals surface area contributed by atoms with Gasteiger partial charge in [0.1, 0.15) is 30.5 Å². The number of aliphatic hydroxyl groups excluding tert-OH is 2. The van der Waals surface area contributed by atoms with Crippen LogP contribution in [-0.4, -0.2) is 129 Å². The number of carbonyl (C=O) groups is 2. The van der Waals surface area contributed by atoms with Crippen molar-refractivity contribution in [1.29, 1.82) is 0 Å². The summed E-state index contributed by atoms with van der Waals surface area (Å²) in [4.78, 5) is 28.4. The van der Waals surface area contributed by atoms with Crippen LogP contribution in [0, 0.1) is 23.7 Å². The summed E-state index contributed by atoms with van der Waals surface area (Å²) in [6.07, 6.45) is 5.21. The summed E-state index contributed by atoms with van der Waals surface area (Å²) in [5, 5.41) is 21.7. The van der Waals surface area contributed by atoms with Crippen LogP contribution in [-0.2, 0) is 42.7 Å². The van der Waals surface area contributed by atoms with Crippen LogP contribution in [0.4, 0.5) is 0 Å². The van der Waals surface area contributed by atoms with Crippen molar-refractivity contribution < 1.29 is 53.0 Å². The van der Waals surface area contributed by atoms with Crippen molar-refractivity contribution >= 4 is 11.8 Å². The molecule has 0 aromatic heterocycles. The van der Waals surface area contributed by atoms with Crippen LogP contribution in [0.2, 0.25) is 0 Å². The second-order valence-electron chi connectivity index (χ2n) is 14.1. The average molecular weight is 696 g/mol. The molecule has 0 spiro atoms. The van der Waals surface area contributed by atoms with Crippen LogP contribution in [0.3, 0.4) is 0 Å². The molecule has 0 amide bonds. The summed E-state index contributed by atoms with van der Waals surface area (Å²) < 4.78 is 41.8. The van der Waals surface area contributed by atoms with Gasteiger partial charge in [0.05, 0.1) is 24.9 Å². The van der Waals surface area contributed by atoms with Crippen LogP contribution in [0.25, 0.3) is 0 Å². The van der Waals surface area contributed by atoms with Gasteiger partial charge in [-0.2, -0.15) is 0 Å². The first-order valence-corrected chi connectivity index (χ1v) is 17.7. The van der Waals surface area contributed by atoms with E-state index in [4.69, 9.17) is 33.2 Å². The number of ketones is 1. The van der Waals surface area contributed by atoms with Crippen molar-refractivity contribution in [3.8, 4) is 0 Å². The summed E-state index contributed by atoms with van der Waals surface area (Å²) in [7, 11) is 6.85. The second-order valence-corrected chi connectivity index (χ2v) is 14.1. The molecular weight excluding hydrogens is 634 g/mol. The quantitative estimate of drug-likeness (QED) is 0.342. The zero-order valence-electron chi connectivity index (χ0n) is 31.0. The van der Waals surface area contributed by atoms with E-state index in [1.807, 2.05) is 59.7 Å². The van der Waals surface area contributed by atoms with Gasteiger partial charge < -0.3 is 48.3 Å². The molecule has 0 aromatic carbocycles. The number of hydrogen-bond donors (Lipinski definition) is 2. The number of esters is 1. The molecule has 0 aromatic rings. The molecule has 3 heterocycles. The van der Waals surface area contributed by atoms with Crippen molar-refractivity contribution in [3.05, 3.63) is 36.5 Å². The van der Waals surface area contributed by atoms with Gasteiger partial charge in [-0.15, -0.1) is 0 Å². The Bertz CT molecular complexity index is 1130. The molecule has 3 aliphatic rings. The van der Waals surface area contributed by atoms with Crippen LogP contribution in [0.15, 0.2) is 36.5 Å². The lowest BCUT2D eigenvalue weighted by Gasteiger charge is -2.43. The minimum Gasteiger partial charge on any atom is -0.459 e. The number of aliphatic hydroxyl groups is 2. The van der Waals surface area contributed by atoms with E-state index in [-0.39, 0.29) is 42.3 Å². The van der Waals surface area contributed by atoms with Crippen molar-refractivity contribution in [2.45, 2.75) is 128 Å². The first kappa shape index (κ1) is 41.4. The Morgan fingerprint density at radius 1 is 0.857 bits per heavy atom. The van der Waals surface area contributed by atoms with Crippen LogP contribution in [0.1, 0.15) is 60.8 Å². The molecule has 12 nitrogen and oxygen atoms in total. The van der Waals surface area contributed by atoms with Crippen molar-refractivity contribution in [3.63, 3.8) is 0 Å². The van der Waals surface area contributed by atoms with Crippen molar-refractivity contribution in [2.75, 3.05) is 34.9 Å². The maximum absolute atomic E-state index is 13.3. The molecule has 0 unspecified atom stereocenters. The molecule has 0 aliphatic carbocycles. The lowest BCUT2D eigenvalue weighted by Crippen LogP contribution is -2.59. The van der Waals surface area contributed by atoms with E-state index in [2.05, 4.69) is 0 Å². The number of nitrogens with zero attached hydrogens (tertiary/aromatic N) is 1. The smallest absolute Gasteiger partial charge is 0.330 e. The molecule has 3 rings (SSSR count). The Morgan fingerprint density at radius 3 is 2.18 bits per heavy atom. The Labute approximate surface area is 292 Å². The third kappa shape index (κ3) is 11.2. The third-order valence-corrected chi connectivity index (χ3v) is 10.0. The van der Waals surface area contributed by atoms with Gasteiger partial charge >= 0.3 is 5.97 Å². The fourth-order valence-electron chi connectivity index (χ4n) is 7.05. The molecule has 2 fully saturated rings. The lowest BCUT2D eigenvalue weighted by molar-refractivity contribution is -0.304. The fraction of sp³-hybridized carbons (Fsp3) is 0.784. The van der Waals surface area contributed by atoms with Crippen LogP contribution in [0.5, 0.6) is 0 Å². The molecule has 49 heavy (non-hydrogen) atoms. The topological polar surface area (TPSA) is 142 Å². The fourth-order valence-corrected chi connectivity index (χ4v) is 7.05. The van der Waals surface area contributed by atoms with Gasteiger partial charge in [0.2, 0.25) is 0 Å². The number of rotatable bonds is 9. The predicted octanol–water partition coefficient (Wildman–Crippen LogP) is 3.44. The first-order valence-electron chi connectivity index (χ1n) is 17.7. The highest BCUT2D eigenvalue weighted by Gasteiger charge is 2.45. The number of hydrogen-bond acceptors (Lipinski definition) is 12. The molecule has 15 atom stereocenters. The van der Waals surface area contributed by atoms with Gasteiger partial charge in [0.25, 0.3) is 0 Å². The SMILES string of the molecule is CC[C@@H]1OC(=O)/C=C/[C@H](C)[C@H](O[C@H]2O[C@@H](C)C[C@@H](N(C)C)[C@@H]2O)[C@H](C)C[C@@H](C)C(=O)/C=C/C=C/[C@@H]1CO[C@H]1O[C@@H](C)[C@H](O)[C@@H](OC)[C@@H]1OC. The minimum absolute atomic E-state index is 0.0243.